The normalized spacial score (nSPS) is 28.2. The maximum Gasteiger partial charge on any atom is 0.228 e. The molecule has 4 nitrogen and oxygen atoms in total. The molecule has 3 rings (SSSR count). The quantitative estimate of drug-likeness (QED) is 0.588. The highest BCUT2D eigenvalue weighted by Crippen LogP contribution is 2.45. The van der Waals surface area contributed by atoms with Crippen LogP contribution >= 0.6 is 0 Å². The lowest BCUT2D eigenvalue weighted by Gasteiger charge is -2.49. The average molecular weight is 402 g/mol. The SMILES string of the molecule is C[C@@H](O[Si](C)(C)C(C)(C)C)[C@H]1C(=O)N[C@@H]1[C@H]1CC(C)(C)c2ccccc2C1=O. The number of carbonyl (C=O) groups excluding carboxylic acids is 2. The summed E-state index contributed by atoms with van der Waals surface area (Å²) in [6.07, 6.45) is 0.560. The van der Waals surface area contributed by atoms with Crippen LogP contribution in [-0.4, -0.2) is 32.2 Å². The van der Waals surface area contributed by atoms with Crippen molar-refractivity contribution in [2.24, 2.45) is 11.8 Å². The highest BCUT2D eigenvalue weighted by Gasteiger charge is 2.54. The summed E-state index contributed by atoms with van der Waals surface area (Å²) < 4.78 is 6.52. The molecule has 1 saturated heterocycles. The van der Waals surface area contributed by atoms with Crippen LogP contribution in [0.3, 0.4) is 0 Å². The molecule has 1 aromatic rings. The van der Waals surface area contributed by atoms with Gasteiger partial charge in [0.05, 0.1) is 18.1 Å². The van der Waals surface area contributed by atoms with Gasteiger partial charge in [-0.3, -0.25) is 9.59 Å². The molecular formula is C23H35NO3Si. The van der Waals surface area contributed by atoms with Gasteiger partial charge < -0.3 is 9.74 Å². The number of β-lactam (4-membered cyclic amide) rings is 1. The second-order valence-corrected chi connectivity index (χ2v) is 15.5. The van der Waals surface area contributed by atoms with Gasteiger partial charge in [0.25, 0.3) is 0 Å². The van der Waals surface area contributed by atoms with Gasteiger partial charge in [0, 0.05) is 11.5 Å². The zero-order chi connectivity index (χ0) is 21.1. The minimum absolute atomic E-state index is 0.0145. The molecule has 0 spiro atoms. The molecule has 0 saturated carbocycles. The molecule has 0 aromatic heterocycles. The highest BCUT2D eigenvalue weighted by atomic mass is 28.4. The number of nitrogens with one attached hydrogen (secondary N) is 1. The van der Waals surface area contributed by atoms with Gasteiger partial charge in [-0.05, 0) is 42.5 Å². The van der Waals surface area contributed by atoms with Gasteiger partial charge in [-0.15, -0.1) is 0 Å². The van der Waals surface area contributed by atoms with Crippen molar-refractivity contribution in [2.45, 2.75) is 83.7 Å². The van der Waals surface area contributed by atoms with E-state index in [4.69, 9.17) is 4.43 Å². The predicted molar refractivity (Wildman–Crippen MR) is 115 cm³/mol. The van der Waals surface area contributed by atoms with Gasteiger partial charge in [-0.25, -0.2) is 0 Å². The molecule has 1 heterocycles. The van der Waals surface area contributed by atoms with E-state index in [1.54, 1.807) is 0 Å². The molecule has 0 unspecified atom stereocenters. The Bertz CT molecular complexity index is 793. The van der Waals surface area contributed by atoms with Crippen molar-refractivity contribution in [2.75, 3.05) is 0 Å². The zero-order valence-corrected chi connectivity index (χ0v) is 19.6. The first-order valence-electron chi connectivity index (χ1n) is 10.4. The van der Waals surface area contributed by atoms with E-state index in [1.807, 2.05) is 25.1 Å². The summed E-state index contributed by atoms with van der Waals surface area (Å²) in [6, 6.07) is 7.76. The first kappa shape index (κ1) is 21.3. The van der Waals surface area contributed by atoms with E-state index < -0.39 is 8.32 Å². The third-order valence-electron chi connectivity index (χ3n) is 7.21. The largest absolute Gasteiger partial charge is 0.413 e. The lowest BCUT2D eigenvalue weighted by Crippen LogP contribution is -2.68. The lowest BCUT2D eigenvalue weighted by molar-refractivity contribution is -0.141. The van der Waals surface area contributed by atoms with Crippen molar-refractivity contribution in [3.63, 3.8) is 0 Å². The fourth-order valence-electron chi connectivity index (χ4n) is 4.52. The Balaban J connectivity index is 1.85. The predicted octanol–water partition coefficient (Wildman–Crippen LogP) is 4.69. The van der Waals surface area contributed by atoms with Crippen molar-refractivity contribution in [1.29, 1.82) is 0 Å². The van der Waals surface area contributed by atoms with E-state index in [2.05, 4.69) is 59.1 Å². The summed E-state index contributed by atoms with van der Waals surface area (Å²) in [5, 5.41) is 3.12. The number of Topliss-reactive ketones (excluding diaryl/α,β-unsaturated/α-hetero) is 1. The van der Waals surface area contributed by atoms with Crippen molar-refractivity contribution >= 4 is 20.0 Å². The molecule has 154 valence electrons. The third kappa shape index (κ3) is 3.48. The zero-order valence-electron chi connectivity index (χ0n) is 18.6. The Morgan fingerprint density at radius 2 is 1.79 bits per heavy atom. The van der Waals surface area contributed by atoms with Crippen LogP contribution in [0.15, 0.2) is 24.3 Å². The van der Waals surface area contributed by atoms with Crippen LogP contribution in [-0.2, 0) is 14.6 Å². The van der Waals surface area contributed by atoms with Crippen LogP contribution in [0, 0.1) is 11.8 Å². The van der Waals surface area contributed by atoms with Crippen molar-refractivity contribution in [3.05, 3.63) is 35.4 Å². The van der Waals surface area contributed by atoms with Gasteiger partial charge >= 0.3 is 0 Å². The molecule has 1 aliphatic heterocycles. The van der Waals surface area contributed by atoms with E-state index in [0.29, 0.717) is 0 Å². The maximum atomic E-state index is 13.3. The molecule has 1 aliphatic carbocycles. The van der Waals surface area contributed by atoms with Crippen LogP contribution in [0.1, 0.15) is 63.9 Å². The molecule has 1 fully saturated rings. The average Bonchev–Trinajstić information content (AvgIpc) is 2.54. The highest BCUT2D eigenvalue weighted by molar-refractivity contribution is 6.74. The number of benzene rings is 1. The Morgan fingerprint density at radius 3 is 2.36 bits per heavy atom. The smallest absolute Gasteiger partial charge is 0.228 e. The molecule has 1 aromatic carbocycles. The van der Waals surface area contributed by atoms with Crippen LogP contribution < -0.4 is 5.32 Å². The van der Waals surface area contributed by atoms with Gasteiger partial charge in [0.2, 0.25) is 5.91 Å². The maximum absolute atomic E-state index is 13.3. The molecule has 1 amide bonds. The second-order valence-electron chi connectivity index (χ2n) is 10.7. The van der Waals surface area contributed by atoms with Gasteiger partial charge in [-0.2, -0.15) is 0 Å². The number of amides is 1. The molecular weight excluding hydrogens is 366 g/mol. The standard InChI is InChI=1S/C23H35NO3Si/c1-14(27-28(7,8)22(2,3)4)18-19(24-21(18)26)16-13-23(5,6)17-12-10-9-11-15(17)20(16)25/h9-12,14,16,18-19H,13H2,1-8H3,(H,24,26)/t14-,16-,18-,19-/m1/s1. The lowest BCUT2D eigenvalue weighted by atomic mass is 9.62. The first-order chi connectivity index (χ1) is 12.8. The van der Waals surface area contributed by atoms with Crippen LogP contribution in [0.2, 0.25) is 18.1 Å². The number of hydrogen-bond acceptors (Lipinski definition) is 3. The topological polar surface area (TPSA) is 55.4 Å². The van der Waals surface area contributed by atoms with Crippen molar-refractivity contribution in [3.8, 4) is 0 Å². The molecule has 28 heavy (non-hydrogen) atoms. The number of ketones is 1. The molecule has 0 radical (unpaired) electrons. The van der Waals surface area contributed by atoms with Crippen LogP contribution in [0.5, 0.6) is 0 Å². The van der Waals surface area contributed by atoms with E-state index in [0.717, 1.165) is 17.5 Å². The molecule has 1 N–H and O–H groups in total. The number of carbonyl (C=O) groups is 2. The van der Waals surface area contributed by atoms with Gasteiger partial charge in [0.1, 0.15) is 0 Å². The third-order valence-corrected chi connectivity index (χ3v) is 11.8. The van der Waals surface area contributed by atoms with E-state index in [9.17, 15) is 9.59 Å². The first-order valence-corrected chi connectivity index (χ1v) is 13.3. The Labute approximate surface area is 170 Å². The monoisotopic (exact) mass is 401 g/mol. The Morgan fingerprint density at radius 1 is 1.18 bits per heavy atom. The van der Waals surface area contributed by atoms with E-state index in [1.165, 1.54) is 0 Å². The second kappa shape index (κ2) is 6.80. The number of fused-ring (bicyclic) bond motifs is 1. The molecule has 0 bridgehead atoms. The number of rotatable bonds is 4. The Kier molecular flexibility index (Phi) is 5.16. The Hall–Kier alpha value is -1.46. The molecule has 2 aliphatic rings. The molecule has 5 heteroatoms. The number of hydrogen-bond donors (Lipinski definition) is 1. The van der Waals surface area contributed by atoms with Crippen LogP contribution in [0.25, 0.3) is 0 Å². The van der Waals surface area contributed by atoms with Gasteiger partial charge in [0.15, 0.2) is 14.1 Å². The summed E-state index contributed by atoms with van der Waals surface area (Å²) in [4.78, 5) is 25.8. The van der Waals surface area contributed by atoms with Crippen molar-refractivity contribution in [1.82, 2.24) is 5.32 Å². The fraction of sp³-hybridized carbons (Fsp3) is 0.652. The van der Waals surface area contributed by atoms with E-state index in [-0.39, 0.29) is 46.1 Å². The fourth-order valence-corrected chi connectivity index (χ4v) is 5.95. The minimum Gasteiger partial charge on any atom is -0.413 e. The van der Waals surface area contributed by atoms with Crippen molar-refractivity contribution < 1.29 is 14.0 Å². The summed E-state index contributed by atoms with van der Waals surface area (Å²) in [7, 11) is -1.99. The summed E-state index contributed by atoms with van der Waals surface area (Å²) in [6.45, 7) is 17.4. The van der Waals surface area contributed by atoms with Crippen LogP contribution in [0.4, 0.5) is 0 Å². The summed E-state index contributed by atoms with van der Waals surface area (Å²) in [5.41, 5.74) is 1.83. The van der Waals surface area contributed by atoms with Gasteiger partial charge in [-0.1, -0.05) is 58.9 Å². The molecule has 4 atom stereocenters. The summed E-state index contributed by atoms with van der Waals surface area (Å²) >= 11 is 0. The minimum atomic E-state index is -1.99. The van der Waals surface area contributed by atoms with E-state index >= 15 is 0 Å². The summed E-state index contributed by atoms with van der Waals surface area (Å²) in [5.74, 6) is -0.285.